The normalized spacial score (nSPS) is 12.5. The first-order valence-electron chi connectivity index (χ1n) is 4.74. The van der Waals surface area contributed by atoms with E-state index < -0.39 is 11.8 Å². The van der Waals surface area contributed by atoms with E-state index in [1.165, 1.54) is 0 Å². The fourth-order valence-electron chi connectivity index (χ4n) is 0.679. The van der Waals surface area contributed by atoms with Gasteiger partial charge >= 0.3 is 11.8 Å². The van der Waals surface area contributed by atoms with Gasteiger partial charge in [-0.3, -0.25) is 9.59 Å². The summed E-state index contributed by atoms with van der Waals surface area (Å²) in [6, 6.07) is 1.61. The zero-order chi connectivity index (χ0) is 12.1. The predicted molar refractivity (Wildman–Crippen MR) is 55.7 cm³/mol. The van der Waals surface area contributed by atoms with Crippen molar-refractivity contribution in [2.45, 2.75) is 33.7 Å². The molecular weight excluding hydrogens is 194 g/mol. The Morgan fingerprint density at radius 1 is 1.33 bits per heavy atom. The Morgan fingerprint density at radius 3 is 2.27 bits per heavy atom. The fourth-order valence-corrected chi connectivity index (χ4v) is 0.679. The maximum Gasteiger partial charge on any atom is 0.310 e. The summed E-state index contributed by atoms with van der Waals surface area (Å²) < 4.78 is 0. The van der Waals surface area contributed by atoms with Gasteiger partial charge in [0, 0.05) is 6.04 Å². The highest BCUT2D eigenvalue weighted by Gasteiger charge is 2.24. The first kappa shape index (κ1) is 13.4. The summed E-state index contributed by atoms with van der Waals surface area (Å²) in [6.45, 7) is 7.56. The zero-order valence-electron chi connectivity index (χ0n) is 9.55. The van der Waals surface area contributed by atoms with Crippen LogP contribution in [-0.4, -0.2) is 24.4 Å². The molecule has 5 heteroatoms. The SMILES string of the molecule is CC(NC(=O)C(=O)NCC#N)C(C)(C)C. The monoisotopic (exact) mass is 211 g/mol. The number of carbonyl (C=O) groups is 2. The highest BCUT2D eigenvalue weighted by molar-refractivity contribution is 6.35. The van der Waals surface area contributed by atoms with E-state index in [1.807, 2.05) is 27.7 Å². The number of nitrogens with one attached hydrogen (secondary N) is 2. The van der Waals surface area contributed by atoms with Crippen LogP contribution in [0.15, 0.2) is 0 Å². The van der Waals surface area contributed by atoms with Crippen LogP contribution >= 0.6 is 0 Å². The van der Waals surface area contributed by atoms with Crippen molar-refractivity contribution in [2.24, 2.45) is 5.41 Å². The van der Waals surface area contributed by atoms with E-state index in [2.05, 4.69) is 10.6 Å². The number of hydrogen-bond acceptors (Lipinski definition) is 3. The van der Waals surface area contributed by atoms with Crippen molar-refractivity contribution in [2.75, 3.05) is 6.54 Å². The summed E-state index contributed by atoms with van der Waals surface area (Å²) in [4.78, 5) is 22.4. The van der Waals surface area contributed by atoms with Crippen molar-refractivity contribution in [1.82, 2.24) is 10.6 Å². The van der Waals surface area contributed by atoms with E-state index >= 15 is 0 Å². The number of nitrogens with zero attached hydrogens (tertiary/aromatic N) is 1. The first-order chi connectivity index (χ1) is 6.79. The molecule has 0 aromatic rings. The second kappa shape index (κ2) is 5.35. The molecule has 0 saturated carbocycles. The molecule has 0 spiro atoms. The minimum Gasteiger partial charge on any atom is -0.345 e. The van der Waals surface area contributed by atoms with Gasteiger partial charge in [-0.1, -0.05) is 20.8 Å². The van der Waals surface area contributed by atoms with Crippen molar-refractivity contribution in [3.63, 3.8) is 0 Å². The topological polar surface area (TPSA) is 82.0 Å². The number of carbonyl (C=O) groups excluding carboxylic acids is 2. The maximum absolute atomic E-state index is 11.3. The second-order valence-electron chi connectivity index (χ2n) is 4.40. The van der Waals surface area contributed by atoms with Crippen LogP contribution in [0.25, 0.3) is 0 Å². The summed E-state index contributed by atoms with van der Waals surface area (Å²) in [6.07, 6.45) is 0. The van der Waals surface area contributed by atoms with Gasteiger partial charge < -0.3 is 10.6 Å². The van der Waals surface area contributed by atoms with Gasteiger partial charge in [-0.25, -0.2) is 0 Å². The third kappa shape index (κ3) is 5.01. The van der Waals surface area contributed by atoms with Crippen LogP contribution in [0.5, 0.6) is 0 Å². The van der Waals surface area contributed by atoms with Gasteiger partial charge in [0.05, 0.1) is 6.07 Å². The average Bonchev–Trinajstić information content (AvgIpc) is 2.12. The number of nitriles is 1. The standard InChI is InChI=1S/C10H17N3O2/c1-7(10(2,3)4)13-9(15)8(14)12-6-5-11/h7H,6H2,1-4H3,(H,12,14)(H,13,15). The van der Waals surface area contributed by atoms with E-state index in [1.54, 1.807) is 6.07 Å². The lowest BCUT2D eigenvalue weighted by Crippen LogP contribution is -2.48. The second-order valence-corrected chi connectivity index (χ2v) is 4.40. The molecule has 1 unspecified atom stereocenters. The number of hydrogen-bond donors (Lipinski definition) is 2. The van der Waals surface area contributed by atoms with Gasteiger partial charge in [-0.05, 0) is 12.3 Å². The zero-order valence-corrected chi connectivity index (χ0v) is 9.55. The van der Waals surface area contributed by atoms with Crippen LogP contribution in [0.3, 0.4) is 0 Å². The van der Waals surface area contributed by atoms with Gasteiger partial charge in [0.25, 0.3) is 0 Å². The molecule has 84 valence electrons. The van der Waals surface area contributed by atoms with Crippen molar-refractivity contribution in [3.8, 4) is 6.07 Å². The Labute approximate surface area is 89.8 Å². The molecule has 0 heterocycles. The van der Waals surface area contributed by atoms with Crippen LogP contribution in [0.1, 0.15) is 27.7 Å². The molecule has 0 radical (unpaired) electrons. The van der Waals surface area contributed by atoms with E-state index in [9.17, 15) is 9.59 Å². The molecule has 0 aliphatic heterocycles. The lowest BCUT2D eigenvalue weighted by atomic mass is 9.88. The molecule has 0 saturated heterocycles. The molecule has 0 rings (SSSR count). The van der Waals surface area contributed by atoms with Crippen molar-refractivity contribution in [3.05, 3.63) is 0 Å². The van der Waals surface area contributed by atoms with Gasteiger partial charge in [0.2, 0.25) is 0 Å². The summed E-state index contributed by atoms with van der Waals surface area (Å²) >= 11 is 0. The summed E-state index contributed by atoms with van der Waals surface area (Å²) in [5.74, 6) is -1.47. The van der Waals surface area contributed by atoms with Crippen LogP contribution in [-0.2, 0) is 9.59 Å². The molecule has 2 amide bonds. The number of rotatable bonds is 2. The third-order valence-corrected chi connectivity index (χ3v) is 2.18. The van der Waals surface area contributed by atoms with Crippen LogP contribution in [0.4, 0.5) is 0 Å². The highest BCUT2D eigenvalue weighted by atomic mass is 16.2. The van der Waals surface area contributed by atoms with Crippen LogP contribution < -0.4 is 10.6 Å². The van der Waals surface area contributed by atoms with Crippen LogP contribution in [0.2, 0.25) is 0 Å². The minimum absolute atomic E-state index is 0.106. The molecule has 5 nitrogen and oxygen atoms in total. The summed E-state index contributed by atoms with van der Waals surface area (Å²) in [7, 11) is 0. The largest absolute Gasteiger partial charge is 0.345 e. The van der Waals surface area contributed by atoms with Gasteiger partial charge in [0.1, 0.15) is 6.54 Å². The lowest BCUT2D eigenvalue weighted by Gasteiger charge is -2.27. The van der Waals surface area contributed by atoms with Crippen molar-refractivity contribution >= 4 is 11.8 Å². The fraction of sp³-hybridized carbons (Fsp3) is 0.700. The molecule has 0 fully saturated rings. The van der Waals surface area contributed by atoms with E-state index in [0.717, 1.165) is 0 Å². The maximum atomic E-state index is 11.3. The van der Waals surface area contributed by atoms with Gasteiger partial charge in [0.15, 0.2) is 0 Å². The van der Waals surface area contributed by atoms with Crippen molar-refractivity contribution < 1.29 is 9.59 Å². The molecule has 0 aliphatic carbocycles. The van der Waals surface area contributed by atoms with Gasteiger partial charge in [-0.2, -0.15) is 5.26 Å². The van der Waals surface area contributed by atoms with E-state index in [4.69, 9.17) is 5.26 Å². The first-order valence-corrected chi connectivity index (χ1v) is 4.74. The Hall–Kier alpha value is -1.57. The molecular formula is C10H17N3O2. The Morgan fingerprint density at radius 2 is 1.87 bits per heavy atom. The molecule has 15 heavy (non-hydrogen) atoms. The predicted octanol–water partition coefficient (Wildman–Crippen LogP) is 0.177. The van der Waals surface area contributed by atoms with Gasteiger partial charge in [-0.15, -0.1) is 0 Å². The van der Waals surface area contributed by atoms with Crippen molar-refractivity contribution in [1.29, 1.82) is 5.26 Å². The highest BCUT2D eigenvalue weighted by Crippen LogP contribution is 2.18. The Kier molecular flexibility index (Phi) is 4.79. The summed E-state index contributed by atoms with van der Waals surface area (Å²) in [5.41, 5.74) is -0.106. The third-order valence-electron chi connectivity index (χ3n) is 2.18. The minimum atomic E-state index is -0.771. The molecule has 2 N–H and O–H groups in total. The lowest BCUT2D eigenvalue weighted by molar-refractivity contribution is -0.139. The average molecular weight is 211 g/mol. The van der Waals surface area contributed by atoms with E-state index in [-0.39, 0.29) is 18.0 Å². The van der Waals surface area contributed by atoms with Crippen LogP contribution in [0, 0.1) is 16.7 Å². The molecule has 0 aromatic heterocycles. The summed E-state index contributed by atoms with van der Waals surface area (Å²) in [5, 5.41) is 13.0. The quantitative estimate of drug-likeness (QED) is 0.505. The molecule has 0 aliphatic rings. The Bertz CT molecular complexity index is 286. The molecule has 0 aromatic carbocycles. The smallest absolute Gasteiger partial charge is 0.310 e. The number of amides is 2. The molecule has 1 atom stereocenters. The molecule has 0 bridgehead atoms. The van der Waals surface area contributed by atoms with E-state index in [0.29, 0.717) is 0 Å². The Balaban J connectivity index is 4.15.